The Balaban J connectivity index is 1.46. The largest absolute Gasteiger partial charge is 0.495 e. The average molecular weight is 446 g/mol. The minimum absolute atomic E-state index is 0.0835. The first kappa shape index (κ1) is 20.0. The second kappa shape index (κ2) is 7.97. The molecule has 31 heavy (non-hydrogen) atoms. The van der Waals surface area contributed by atoms with Crippen molar-refractivity contribution in [2.24, 2.45) is 0 Å². The number of imidazole rings is 1. The molecule has 2 aliphatic heterocycles. The summed E-state index contributed by atoms with van der Waals surface area (Å²) in [7, 11) is 1.46. The lowest BCUT2D eigenvalue weighted by molar-refractivity contribution is 0.0678. The smallest absolute Gasteiger partial charge is 0.287 e. The number of fused-ring (bicyclic) bond motifs is 2. The van der Waals surface area contributed by atoms with Crippen molar-refractivity contribution < 1.29 is 18.7 Å². The van der Waals surface area contributed by atoms with Crippen molar-refractivity contribution in [2.45, 2.75) is 38.5 Å². The van der Waals surface area contributed by atoms with E-state index in [1.165, 1.54) is 23.9 Å². The third-order valence-electron chi connectivity index (χ3n) is 5.77. The summed E-state index contributed by atoms with van der Waals surface area (Å²) in [6, 6.07) is 2.30. The van der Waals surface area contributed by atoms with Gasteiger partial charge < -0.3 is 19.4 Å². The molecule has 2 aliphatic rings. The quantitative estimate of drug-likeness (QED) is 0.666. The van der Waals surface area contributed by atoms with Gasteiger partial charge in [0.25, 0.3) is 5.91 Å². The van der Waals surface area contributed by atoms with Gasteiger partial charge in [-0.2, -0.15) is 5.10 Å². The summed E-state index contributed by atoms with van der Waals surface area (Å²) in [5.74, 6) is -0.0658. The zero-order valence-electron chi connectivity index (χ0n) is 16.9. The Bertz CT molecular complexity index is 1160. The van der Waals surface area contributed by atoms with Crippen LogP contribution in [-0.2, 0) is 24.3 Å². The highest BCUT2D eigenvalue weighted by molar-refractivity contribution is 6.33. The first-order valence-corrected chi connectivity index (χ1v) is 10.5. The fraction of sp³-hybridized carbons (Fsp3) is 0.381. The van der Waals surface area contributed by atoms with Crippen LogP contribution in [0.25, 0.3) is 5.69 Å². The fourth-order valence-corrected chi connectivity index (χ4v) is 4.52. The Kier molecular flexibility index (Phi) is 5.15. The number of ether oxygens (including phenoxy) is 2. The van der Waals surface area contributed by atoms with Gasteiger partial charge >= 0.3 is 0 Å². The number of carbonyl (C=O) groups excluding carboxylic acids is 1. The Labute approximate surface area is 182 Å². The van der Waals surface area contributed by atoms with Crippen LogP contribution in [0.3, 0.4) is 0 Å². The second-order valence-corrected chi connectivity index (χ2v) is 7.97. The van der Waals surface area contributed by atoms with Crippen molar-refractivity contribution >= 4 is 17.5 Å². The Morgan fingerprint density at radius 2 is 2.23 bits per heavy atom. The van der Waals surface area contributed by atoms with Gasteiger partial charge in [0.1, 0.15) is 16.5 Å². The van der Waals surface area contributed by atoms with Gasteiger partial charge in [-0.25, -0.2) is 14.1 Å². The van der Waals surface area contributed by atoms with E-state index < -0.39 is 11.9 Å². The maximum atomic E-state index is 14.6. The first-order valence-electron chi connectivity index (χ1n) is 10.1. The lowest BCUT2D eigenvalue weighted by Crippen LogP contribution is -2.36. The number of nitrogens with one attached hydrogen (secondary N) is 1. The lowest BCUT2D eigenvalue weighted by Gasteiger charge is -2.25. The molecular formula is C21H21ClFN5O3. The highest BCUT2D eigenvalue weighted by Gasteiger charge is 2.30. The van der Waals surface area contributed by atoms with Gasteiger partial charge in [-0.05, 0) is 31.4 Å². The Morgan fingerprint density at radius 3 is 3.06 bits per heavy atom. The number of methoxy groups -OCH3 is 1. The number of benzene rings is 1. The summed E-state index contributed by atoms with van der Waals surface area (Å²) in [5.41, 5.74) is 2.53. The molecule has 0 saturated heterocycles. The number of nitrogens with zero attached hydrogens (tertiary/aromatic N) is 4. The Morgan fingerprint density at radius 1 is 1.35 bits per heavy atom. The normalized spacial score (nSPS) is 17.7. The van der Waals surface area contributed by atoms with E-state index in [1.807, 2.05) is 4.57 Å². The molecule has 1 amide bonds. The van der Waals surface area contributed by atoms with E-state index in [1.54, 1.807) is 12.4 Å². The van der Waals surface area contributed by atoms with Crippen LogP contribution in [-0.4, -0.2) is 39.0 Å². The predicted octanol–water partition coefficient (Wildman–Crippen LogP) is 3.21. The van der Waals surface area contributed by atoms with E-state index in [-0.39, 0.29) is 29.8 Å². The monoisotopic (exact) mass is 445 g/mol. The van der Waals surface area contributed by atoms with E-state index in [0.717, 1.165) is 37.1 Å². The molecule has 0 saturated carbocycles. The van der Waals surface area contributed by atoms with Gasteiger partial charge in [-0.1, -0.05) is 11.6 Å². The Hall–Kier alpha value is -2.91. The molecule has 5 rings (SSSR count). The van der Waals surface area contributed by atoms with Crippen molar-refractivity contribution in [3.05, 3.63) is 58.1 Å². The van der Waals surface area contributed by atoms with Crippen LogP contribution in [0.5, 0.6) is 5.75 Å². The molecule has 10 heteroatoms. The zero-order chi connectivity index (χ0) is 21.5. The number of hydrogen-bond acceptors (Lipinski definition) is 5. The summed E-state index contributed by atoms with van der Waals surface area (Å²) < 4.78 is 28.9. The van der Waals surface area contributed by atoms with Crippen molar-refractivity contribution in [3.8, 4) is 11.4 Å². The first-order chi connectivity index (χ1) is 15.1. The van der Waals surface area contributed by atoms with Crippen LogP contribution in [0.4, 0.5) is 4.39 Å². The highest BCUT2D eigenvalue weighted by atomic mass is 35.5. The van der Waals surface area contributed by atoms with Crippen molar-refractivity contribution in [2.75, 3.05) is 13.7 Å². The average Bonchev–Trinajstić information content (AvgIpc) is 3.39. The molecule has 0 radical (unpaired) electrons. The molecule has 4 heterocycles. The minimum Gasteiger partial charge on any atom is -0.495 e. The summed E-state index contributed by atoms with van der Waals surface area (Å²) in [4.78, 5) is 17.3. The summed E-state index contributed by atoms with van der Waals surface area (Å²) in [6.45, 7) is 1.29. The van der Waals surface area contributed by atoms with Crippen molar-refractivity contribution in [3.63, 3.8) is 0 Å². The molecule has 0 aliphatic carbocycles. The molecule has 1 atom stereocenters. The van der Waals surface area contributed by atoms with E-state index in [9.17, 15) is 9.18 Å². The molecule has 162 valence electrons. The molecular weight excluding hydrogens is 425 g/mol. The summed E-state index contributed by atoms with van der Waals surface area (Å²) in [6.07, 6.45) is 6.44. The third kappa shape index (κ3) is 3.37. The molecule has 1 unspecified atom stereocenters. The van der Waals surface area contributed by atoms with E-state index in [4.69, 9.17) is 21.1 Å². The SMILES string of the molecule is COc1ccc(F)c(-n2ncc3c2COCC3NC(=O)c2ncc3n2CCCC3)c1Cl. The number of aromatic nitrogens is 4. The number of amides is 1. The standard InChI is InChI=1S/C21H21ClFN5O3/c1-30-17-6-5-14(23)19(18(17)22)28-16-11-31-10-15(13(16)9-25-28)26-21(29)20-24-8-12-4-2-3-7-27(12)20/h5-6,8-9,15H,2-4,7,10-11H2,1H3,(H,26,29). The van der Waals surface area contributed by atoms with Crippen LogP contribution in [0.1, 0.15) is 46.5 Å². The van der Waals surface area contributed by atoms with E-state index in [2.05, 4.69) is 15.4 Å². The van der Waals surface area contributed by atoms with Crippen LogP contribution in [0.15, 0.2) is 24.5 Å². The van der Waals surface area contributed by atoms with Gasteiger partial charge in [-0.3, -0.25) is 4.79 Å². The maximum Gasteiger partial charge on any atom is 0.287 e. The third-order valence-corrected chi connectivity index (χ3v) is 6.14. The number of rotatable bonds is 4. The predicted molar refractivity (Wildman–Crippen MR) is 110 cm³/mol. The van der Waals surface area contributed by atoms with Crippen LogP contribution < -0.4 is 10.1 Å². The minimum atomic E-state index is -0.535. The van der Waals surface area contributed by atoms with Crippen LogP contribution in [0, 0.1) is 5.82 Å². The van der Waals surface area contributed by atoms with Crippen molar-refractivity contribution in [1.82, 2.24) is 24.6 Å². The number of hydrogen-bond donors (Lipinski definition) is 1. The van der Waals surface area contributed by atoms with Gasteiger partial charge in [0.15, 0.2) is 11.6 Å². The van der Waals surface area contributed by atoms with Gasteiger partial charge in [0, 0.05) is 24.0 Å². The molecule has 2 aromatic heterocycles. The number of carbonyl (C=O) groups is 1. The fourth-order valence-electron chi connectivity index (χ4n) is 4.21. The van der Waals surface area contributed by atoms with E-state index in [0.29, 0.717) is 17.3 Å². The molecule has 0 spiro atoms. The molecule has 1 N–H and O–H groups in total. The highest BCUT2D eigenvalue weighted by Crippen LogP contribution is 2.35. The molecule has 8 nitrogen and oxygen atoms in total. The van der Waals surface area contributed by atoms with Gasteiger partial charge in [0.05, 0.1) is 38.3 Å². The zero-order valence-corrected chi connectivity index (χ0v) is 17.7. The van der Waals surface area contributed by atoms with Crippen molar-refractivity contribution in [1.29, 1.82) is 0 Å². The van der Waals surface area contributed by atoms with Gasteiger partial charge in [0.2, 0.25) is 0 Å². The second-order valence-electron chi connectivity index (χ2n) is 7.59. The molecule has 3 aromatic rings. The summed E-state index contributed by atoms with van der Waals surface area (Å²) in [5, 5.41) is 7.45. The number of aryl methyl sites for hydroxylation is 1. The van der Waals surface area contributed by atoms with Crippen LogP contribution in [0.2, 0.25) is 5.02 Å². The summed E-state index contributed by atoms with van der Waals surface area (Å²) >= 11 is 6.36. The number of halogens is 2. The van der Waals surface area contributed by atoms with E-state index >= 15 is 0 Å². The molecule has 0 fully saturated rings. The van der Waals surface area contributed by atoms with Crippen LogP contribution >= 0.6 is 11.6 Å². The maximum absolute atomic E-state index is 14.6. The van der Waals surface area contributed by atoms with Gasteiger partial charge in [-0.15, -0.1) is 0 Å². The topological polar surface area (TPSA) is 83.2 Å². The lowest BCUT2D eigenvalue weighted by atomic mass is 10.1. The molecule has 0 bridgehead atoms. The molecule has 1 aromatic carbocycles.